The summed E-state index contributed by atoms with van der Waals surface area (Å²) in [6, 6.07) is 8.39. The summed E-state index contributed by atoms with van der Waals surface area (Å²) in [6.45, 7) is 3.51. The summed E-state index contributed by atoms with van der Waals surface area (Å²) in [5.74, 6) is 1.53. The van der Waals surface area contributed by atoms with Crippen molar-refractivity contribution in [3.05, 3.63) is 35.4 Å². The molecule has 0 radical (unpaired) electrons. The van der Waals surface area contributed by atoms with Crippen LogP contribution in [0.5, 0.6) is 0 Å². The Balaban J connectivity index is 2.12. The lowest BCUT2D eigenvalue weighted by Crippen LogP contribution is -2.26. The Morgan fingerprint density at radius 2 is 2.22 bits per heavy atom. The zero-order chi connectivity index (χ0) is 13.2. The average Bonchev–Trinajstić information content (AvgIpc) is 2.35. The molecule has 3 N–H and O–H groups in total. The van der Waals surface area contributed by atoms with Crippen molar-refractivity contribution in [3.8, 4) is 0 Å². The lowest BCUT2D eigenvalue weighted by atomic mass is 10.2. The van der Waals surface area contributed by atoms with Crippen LogP contribution in [0.15, 0.2) is 24.3 Å². The third-order valence-corrected chi connectivity index (χ3v) is 3.54. The van der Waals surface area contributed by atoms with E-state index in [1.807, 2.05) is 0 Å². The number of hydrogen-bond donors (Lipinski definition) is 2. The Hall–Kier alpha value is -1.00. The molecule has 0 unspecified atom stereocenters. The van der Waals surface area contributed by atoms with E-state index in [0.717, 1.165) is 25.1 Å². The molecule has 3 nitrogen and oxygen atoms in total. The van der Waals surface area contributed by atoms with E-state index in [-0.39, 0.29) is 5.91 Å². The molecule has 0 aliphatic carbocycles. The number of unbranched alkanes of at least 4 members (excludes halogenated alkanes) is 1. The fraction of sp³-hybridized carbons (Fsp3) is 0.500. The van der Waals surface area contributed by atoms with Gasteiger partial charge in [-0.2, -0.15) is 0 Å². The molecular formula is C14H22N2OS. The molecule has 1 rings (SSSR count). The molecule has 1 amide bonds. The molecule has 0 bridgehead atoms. The van der Waals surface area contributed by atoms with Crippen molar-refractivity contribution in [3.63, 3.8) is 0 Å². The first-order valence-electron chi connectivity index (χ1n) is 6.32. The molecule has 100 valence electrons. The number of rotatable bonds is 8. The first-order chi connectivity index (χ1) is 8.72. The summed E-state index contributed by atoms with van der Waals surface area (Å²) in [6.07, 6.45) is 1.93. The monoisotopic (exact) mass is 266 g/mol. The van der Waals surface area contributed by atoms with E-state index in [2.05, 4.69) is 36.5 Å². The molecule has 0 aliphatic rings. The molecule has 0 saturated heterocycles. The Bertz CT molecular complexity index is 369. The maximum absolute atomic E-state index is 11.5. The van der Waals surface area contributed by atoms with Gasteiger partial charge in [0.05, 0.1) is 5.75 Å². The van der Waals surface area contributed by atoms with Crippen molar-refractivity contribution in [2.45, 2.75) is 25.5 Å². The SMILES string of the molecule is Cc1cccc(CSCC(=O)NCCCCN)c1. The molecule has 0 saturated carbocycles. The van der Waals surface area contributed by atoms with Gasteiger partial charge in [0.1, 0.15) is 0 Å². The summed E-state index contributed by atoms with van der Waals surface area (Å²) in [4.78, 5) is 11.5. The molecule has 4 heteroatoms. The first kappa shape index (κ1) is 15.1. The summed E-state index contributed by atoms with van der Waals surface area (Å²) in [5.41, 5.74) is 7.92. The predicted molar refractivity (Wildman–Crippen MR) is 78.6 cm³/mol. The number of amides is 1. The summed E-state index contributed by atoms with van der Waals surface area (Å²) >= 11 is 1.65. The lowest BCUT2D eigenvalue weighted by molar-refractivity contribution is -0.118. The number of carbonyl (C=O) groups is 1. The molecule has 0 atom stereocenters. The number of nitrogens with one attached hydrogen (secondary N) is 1. The van der Waals surface area contributed by atoms with Gasteiger partial charge >= 0.3 is 0 Å². The van der Waals surface area contributed by atoms with Gasteiger partial charge in [-0.15, -0.1) is 11.8 Å². The molecule has 0 fully saturated rings. The highest BCUT2D eigenvalue weighted by molar-refractivity contribution is 7.99. The van der Waals surface area contributed by atoms with Crippen LogP contribution >= 0.6 is 11.8 Å². The van der Waals surface area contributed by atoms with Gasteiger partial charge in [-0.1, -0.05) is 29.8 Å². The smallest absolute Gasteiger partial charge is 0.230 e. The van der Waals surface area contributed by atoms with Crippen molar-refractivity contribution < 1.29 is 4.79 Å². The van der Waals surface area contributed by atoms with Crippen LogP contribution in [-0.2, 0) is 10.5 Å². The minimum Gasteiger partial charge on any atom is -0.355 e. The predicted octanol–water partition coefficient (Wildman–Crippen LogP) is 2.08. The van der Waals surface area contributed by atoms with Gasteiger partial charge in [-0.05, 0) is 31.9 Å². The molecule has 0 spiro atoms. The maximum Gasteiger partial charge on any atom is 0.230 e. The van der Waals surface area contributed by atoms with Crippen LogP contribution in [0.4, 0.5) is 0 Å². The highest BCUT2D eigenvalue weighted by Gasteiger charge is 2.01. The molecule has 18 heavy (non-hydrogen) atoms. The molecule has 1 aromatic rings. The van der Waals surface area contributed by atoms with Crippen molar-refractivity contribution in [1.82, 2.24) is 5.32 Å². The fourth-order valence-corrected chi connectivity index (χ4v) is 2.42. The largest absolute Gasteiger partial charge is 0.355 e. The van der Waals surface area contributed by atoms with Gasteiger partial charge < -0.3 is 11.1 Å². The van der Waals surface area contributed by atoms with Crippen LogP contribution in [0.2, 0.25) is 0 Å². The average molecular weight is 266 g/mol. The zero-order valence-corrected chi connectivity index (χ0v) is 11.8. The standard InChI is InChI=1S/C14H22N2OS/c1-12-5-4-6-13(9-12)10-18-11-14(17)16-8-3-2-7-15/h4-6,9H,2-3,7-8,10-11,15H2,1H3,(H,16,17). The van der Waals surface area contributed by atoms with E-state index in [1.165, 1.54) is 11.1 Å². The van der Waals surface area contributed by atoms with Crippen molar-refractivity contribution in [2.24, 2.45) is 5.73 Å². The normalized spacial score (nSPS) is 10.3. The minimum absolute atomic E-state index is 0.115. The number of hydrogen-bond acceptors (Lipinski definition) is 3. The van der Waals surface area contributed by atoms with E-state index >= 15 is 0 Å². The van der Waals surface area contributed by atoms with Crippen molar-refractivity contribution >= 4 is 17.7 Å². The topological polar surface area (TPSA) is 55.1 Å². The number of carbonyl (C=O) groups excluding carboxylic acids is 1. The highest BCUT2D eigenvalue weighted by atomic mass is 32.2. The van der Waals surface area contributed by atoms with Crippen LogP contribution in [0.25, 0.3) is 0 Å². The van der Waals surface area contributed by atoms with E-state index in [4.69, 9.17) is 5.73 Å². The maximum atomic E-state index is 11.5. The second kappa shape index (κ2) is 9.00. The van der Waals surface area contributed by atoms with Crippen LogP contribution < -0.4 is 11.1 Å². The second-order valence-corrected chi connectivity index (χ2v) is 5.31. The van der Waals surface area contributed by atoms with Gasteiger partial charge in [0, 0.05) is 12.3 Å². The van der Waals surface area contributed by atoms with E-state index < -0.39 is 0 Å². The quantitative estimate of drug-likeness (QED) is 0.708. The third kappa shape index (κ3) is 6.67. The Labute approximate surface area is 114 Å². The lowest BCUT2D eigenvalue weighted by Gasteiger charge is -2.05. The fourth-order valence-electron chi connectivity index (χ4n) is 1.61. The zero-order valence-electron chi connectivity index (χ0n) is 10.9. The van der Waals surface area contributed by atoms with Crippen LogP contribution in [0.1, 0.15) is 24.0 Å². The van der Waals surface area contributed by atoms with Crippen molar-refractivity contribution in [1.29, 1.82) is 0 Å². The molecular weight excluding hydrogens is 244 g/mol. The number of thioether (sulfide) groups is 1. The van der Waals surface area contributed by atoms with Crippen LogP contribution in [0.3, 0.4) is 0 Å². The van der Waals surface area contributed by atoms with Crippen LogP contribution in [-0.4, -0.2) is 24.7 Å². The molecule has 1 aromatic carbocycles. The Morgan fingerprint density at radius 1 is 1.39 bits per heavy atom. The number of aryl methyl sites for hydroxylation is 1. The van der Waals surface area contributed by atoms with Gasteiger partial charge in [0.25, 0.3) is 0 Å². The van der Waals surface area contributed by atoms with Gasteiger partial charge in [-0.3, -0.25) is 4.79 Å². The van der Waals surface area contributed by atoms with E-state index in [9.17, 15) is 4.79 Å². The minimum atomic E-state index is 0.115. The molecule has 0 aromatic heterocycles. The molecule has 0 heterocycles. The molecule has 0 aliphatic heterocycles. The van der Waals surface area contributed by atoms with Gasteiger partial charge in [0.2, 0.25) is 5.91 Å². The second-order valence-electron chi connectivity index (χ2n) is 4.33. The Kier molecular flexibility index (Phi) is 7.53. The van der Waals surface area contributed by atoms with Crippen LogP contribution in [0, 0.1) is 6.92 Å². The van der Waals surface area contributed by atoms with Gasteiger partial charge in [-0.25, -0.2) is 0 Å². The third-order valence-electron chi connectivity index (χ3n) is 2.54. The summed E-state index contributed by atoms with van der Waals surface area (Å²) < 4.78 is 0. The van der Waals surface area contributed by atoms with Gasteiger partial charge in [0.15, 0.2) is 0 Å². The number of nitrogens with two attached hydrogens (primary N) is 1. The summed E-state index contributed by atoms with van der Waals surface area (Å²) in [7, 11) is 0. The van der Waals surface area contributed by atoms with E-state index in [1.54, 1.807) is 11.8 Å². The highest BCUT2D eigenvalue weighted by Crippen LogP contribution is 2.13. The number of benzene rings is 1. The summed E-state index contributed by atoms with van der Waals surface area (Å²) in [5, 5.41) is 2.90. The van der Waals surface area contributed by atoms with Crippen molar-refractivity contribution in [2.75, 3.05) is 18.8 Å². The van der Waals surface area contributed by atoms with E-state index in [0.29, 0.717) is 12.3 Å². The first-order valence-corrected chi connectivity index (χ1v) is 7.48. The Morgan fingerprint density at radius 3 is 2.94 bits per heavy atom.